The van der Waals surface area contributed by atoms with Gasteiger partial charge in [-0.1, -0.05) is 44.5 Å². The number of nitrogens with zero attached hydrogens (tertiary/aromatic N) is 1. The van der Waals surface area contributed by atoms with Crippen LogP contribution in [0.1, 0.15) is 52.9 Å². The van der Waals surface area contributed by atoms with Crippen molar-refractivity contribution in [1.82, 2.24) is 10.3 Å². The first-order chi connectivity index (χ1) is 10.3. The molecule has 3 rings (SSSR count). The van der Waals surface area contributed by atoms with Gasteiger partial charge in [0.05, 0.1) is 10.7 Å². The molecule has 0 bridgehead atoms. The fourth-order valence-corrected chi connectivity index (χ4v) is 4.30. The Hall–Kier alpha value is -1.19. The molecule has 0 amide bonds. The largest absolute Gasteiger partial charge is 0.312 e. The van der Waals surface area contributed by atoms with Gasteiger partial charge in [-0.15, -0.1) is 11.3 Å². The van der Waals surface area contributed by atoms with E-state index < -0.39 is 0 Å². The Bertz CT molecular complexity index is 578. The summed E-state index contributed by atoms with van der Waals surface area (Å²) < 4.78 is 0. The van der Waals surface area contributed by atoms with Crippen molar-refractivity contribution in [3.63, 3.8) is 0 Å². The number of thiazole rings is 1. The van der Waals surface area contributed by atoms with Crippen molar-refractivity contribution < 1.29 is 0 Å². The van der Waals surface area contributed by atoms with Gasteiger partial charge in [0, 0.05) is 17.3 Å². The van der Waals surface area contributed by atoms with Crippen LogP contribution in [0, 0.1) is 0 Å². The lowest BCUT2D eigenvalue weighted by Crippen LogP contribution is -2.11. The summed E-state index contributed by atoms with van der Waals surface area (Å²) in [5.41, 5.74) is 4.36. The molecule has 0 fully saturated rings. The smallest absolute Gasteiger partial charge is 0.0969 e. The van der Waals surface area contributed by atoms with Crippen LogP contribution in [-0.2, 0) is 25.8 Å². The third-order valence-electron chi connectivity index (χ3n) is 4.22. The second kappa shape index (κ2) is 6.71. The van der Waals surface area contributed by atoms with Gasteiger partial charge in [-0.25, -0.2) is 4.98 Å². The van der Waals surface area contributed by atoms with Crippen molar-refractivity contribution in [2.75, 3.05) is 6.54 Å². The monoisotopic (exact) mass is 300 g/mol. The molecule has 1 N–H and O–H groups in total. The summed E-state index contributed by atoms with van der Waals surface area (Å²) in [5.74, 6) is 0.596. The molecule has 0 radical (unpaired) electrons. The van der Waals surface area contributed by atoms with Gasteiger partial charge < -0.3 is 5.32 Å². The van der Waals surface area contributed by atoms with Crippen LogP contribution < -0.4 is 5.32 Å². The SMILES string of the molecule is CCCc1nc(C2Cc3ccccc3C2)sc1CNCC. The molecule has 1 aromatic carbocycles. The Morgan fingerprint density at radius 2 is 1.90 bits per heavy atom. The minimum Gasteiger partial charge on any atom is -0.312 e. The summed E-state index contributed by atoms with van der Waals surface area (Å²) in [5, 5.41) is 4.80. The van der Waals surface area contributed by atoms with Gasteiger partial charge in [-0.2, -0.15) is 0 Å². The molecule has 1 aliphatic carbocycles. The second-order valence-corrected chi connectivity index (χ2v) is 6.94. The molecule has 1 aliphatic rings. The molecule has 0 saturated carbocycles. The van der Waals surface area contributed by atoms with Crippen LogP contribution in [-0.4, -0.2) is 11.5 Å². The zero-order valence-electron chi connectivity index (χ0n) is 13.0. The van der Waals surface area contributed by atoms with Crippen molar-refractivity contribution >= 4 is 11.3 Å². The van der Waals surface area contributed by atoms with Gasteiger partial charge in [0.1, 0.15) is 0 Å². The first-order valence-corrected chi connectivity index (χ1v) is 8.89. The van der Waals surface area contributed by atoms with E-state index in [1.54, 1.807) is 0 Å². The van der Waals surface area contributed by atoms with Crippen LogP contribution in [0.5, 0.6) is 0 Å². The molecule has 2 nitrogen and oxygen atoms in total. The average Bonchev–Trinajstić information content (AvgIpc) is 3.09. The predicted octanol–water partition coefficient (Wildman–Crippen LogP) is 4.09. The lowest BCUT2D eigenvalue weighted by atomic mass is 10.1. The standard InChI is InChI=1S/C18H24N2S/c1-3-7-16-17(12-19-4-2)21-18(20-16)15-10-13-8-5-6-9-14(13)11-15/h5-6,8-9,15,19H,3-4,7,10-12H2,1-2H3. The number of nitrogens with one attached hydrogen (secondary N) is 1. The fraction of sp³-hybridized carbons (Fsp3) is 0.500. The maximum atomic E-state index is 5.00. The second-order valence-electron chi connectivity index (χ2n) is 5.83. The zero-order valence-corrected chi connectivity index (χ0v) is 13.8. The van der Waals surface area contributed by atoms with Crippen LogP contribution >= 0.6 is 11.3 Å². The summed E-state index contributed by atoms with van der Waals surface area (Å²) in [6, 6.07) is 8.86. The van der Waals surface area contributed by atoms with Crippen molar-refractivity contribution in [2.24, 2.45) is 0 Å². The number of fused-ring (bicyclic) bond motifs is 1. The van der Waals surface area contributed by atoms with Crippen LogP contribution in [0.3, 0.4) is 0 Å². The summed E-state index contributed by atoms with van der Waals surface area (Å²) >= 11 is 1.93. The van der Waals surface area contributed by atoms with E-state index in [4.69, 9.17) is 4.98 Å². The van der Waals surface area contributed by atoms with Gasteiger partial charge in [0.2, 0.25) is 0 Å². The number of aryl methyl sites for hydroxylation is 1. The molecule has 1 aromatic heterocycles. The van der Waals surface area contributed by atoms with E-state index in [9.17, 15) is 0 Å². The third-order valence-corrected chi connectivity index (χ3v) is 5.48. The van der Waals surface area contributed by atoms with E-state index in [-0.39, 0.29) is 0 Å². The highest BCUT2D eigenvalue weighted by molar-refractivity contribution is 7.11. The van der Waals surface area contributed by atoms with Crippen molar-refractivity contribution in [3.8, 4) is 0 Å². The lowest BCUT2D eigenvalue weighted by Gasteiger charge is -2.03. The molecule has 0 spiro atoms. The molecule has 3 heteroatoms. The van der Waals surface area contributed by atoms with Crippen LogP contribution in [0.4, 0.5) is 0 Å². The normalized spacial score (nSPS) is 14.6. The Morgan fingerprint density at radius 1 is 1.19 bits per heavy atom. The molecule has 1 heterocycles. The summed E-state index contributed by atoms with van der Waals surface area (Å²) in [7, 11) is 0. The molecule has 0 atom stereocenters. The Kier molecular flexibility index (Phi) is 4.71. The first kappa shape index (κ1) is 14.7. The highest BCUT2D eigenvalue weighted by Crippen LogP contribution is 2.36. The molecular formula is C18H24N2S. The molecule has 112 valence electrons. The minimum absolute atomic E-state index is 0.596. The van der Waals surface area contributed by atoms with Crippen LogP contribution in [0.15, 0.2) is 24.3 Å². The van der Waals surface area contributed by atoms with E-state index in [0.29, 0.717) is 5.92 Å². The van der Waals surface area contributed by atoms with Crippen LogP contribution in [0.2, 0.25) is 0 Å². The zero-order chi connectivity index (χ0) is 14.7. The van der Waals surface area contributed by atoms with Crippen molar-refractivity contribution in [1.29, 1.82) is 0 Å². The van der Waals surface area contributed by atoms with Gasteiger partial charge in [0.25, 0.3) is 0 Å². The Balaban J connectivity index is 1.80. The fourth-order valence-electron chi connectivity index (χ4n) is 3.12. The number of benzene rings is 1. The Labute approximate surface area is 131 Å². The number of hydrogen-bond acceptors (Lipinski definition) is 3. The van der Waals surface area contributed by atoms with Gasteiger partial charge in [-0.05, 0) is 36.9 Å². The molecular weight excluding hydrogens is 276 g/mol. The highest BCUT2D eigenvalue weighted by Gasteiger charge is 2.26. The molecule has 0 unspecified atom stereocenters. The first-order valence-electron chi connectivity index (χ1n) is 8.07. The molecule has 2 aromatic rings. The predicted molar refractivity (Wildman–Crippen MR) is 90.1 cm³/mol. The molecule has 0 aliphatic heterocycles. The molecule has 21 heavy (non-hydrogen) atoms. The maximum Gasteiger partial charge on any atom is 0.0969 e. The third kappa shape index (κ3) is 3.19. The maximum absolute atomic E-state index is 5.00. The number of hydrogen-bond donors (Lipinski definition) is 1. The Morgan fingerprint density at radius 3 is 2.52 bits per heavy atom. The van der Waals surface area contributed by atoms with Crippen molar-refractivity contribution in [2.45, 2.75) is 52.0 Å². The summed E-state index contributed by atoms with van der Waals surface area (Å²) in [4.78, 5) is 6.45. The molecule has 0 saturated heterocycles. The average molecular weight is 300 g/mol. The van der Waals surface area contributed by atoms with E-state index in [0.717, 1.165) is 32.4 Å². The minimum atomic E-state index is 0.596. The van der Waals surface area contributed by atoms with Crippen molar-refractivity contribution in [3.05, 3.63) is 51.0 Å². The van der Waals surface area contributed by atoms with Gasteiger partial charge in [-0.3, -0.25) is 0 Å². The highest BCUT2D eigenvalue weighted by atomic mass is 32.1. The quantitative estimate of drug-likeness (QED) is 0.869. The summed E-state index contributed by atoms with van der Waals surface area (Å²) in [6.45, 7) is 6.40. The van der Waals surface area contributed by atoms with Crippen LogP contribution in [0.25, 0.3) is 0 Å². The van der Waals surface area contributed by atoms with E-state index in [2.05, 4.69) is 43.4 Å². The topological polar surface area (TPSA) is 24.9 Å². The van der Waals surface area contributed by atoms with E-state index >= 15 is 0 Å². The number of rotatable bonds is 6. The van der Waals surface area contributed by atoms with Gasteiger partial charge in [0.15, 0.2) is 0 Å². The summed E-state index contributed by atoms with van der Waals surface area (Å²) in [6.07, 6.45) is 4.61. The van der Waals surface area contributed by atoms with Gasteiger partial charge >= 0.3 is 0 Å². The lowest BCUT2D eigenvalue weighted by molar-refractivity contribution is 0.713. The van der Waals surface area contributed by atoms with E-state index in [1.807, 2.05) is 11.3 Å². The number of aromatic nitrogens is 1. The van der Waals surface area contributed by atoms with E-state index in [1.165, 1.54) is 33.1 Å².